The summed E-state index contributed by atoms with van der Waals surface area (Å²) in [6, 6.07) is 28.8. The van der Waals surface area contributed by atoms with Gasteiger partial charge >= 0.3 is 5.97 Å². The van der Waals surface area contributed by atoms with E-state index in [1.807, 2.05) is 43.3 Å². The van der Waals surface area contributed by atoms with Crippen molar-refractivity contribution in [3.05, 3.63) is 84.9 Å². The summed E-state index contributed by atoms with van der Waals surface area (Å²) in [4.78, 5) is 15.4. The van der Waals surface area contributed by atoms with Gasteiger partial charge in [0.2, 0.25) is 0 Å². The first-order valence-corrected chi connectivity index (χ1v) is 10.6. The standard InChI is InChI=1S/C22H20BrO2S/c1-2-21(23)22(24)25-17-13-15-20(16-14-17)26(18-9-5-3-6-10-18)19-11-7-4-8-12-19/h3-16,21H,2H2,1H3/q+1. The Balaban J connectivity index is 1.89. The number of hydrogen-bond donors (Lipinski definition) is 0. The summed E-state index contributed by atoms with van der Waals surface area (Å²) >= 11 is 3.33. The van der Waals surface area contributed by atoms with E-state index in [9.17, 15) is 4.79 Å². The van der Waals surface area contributed by atoms with Crippen LogP contribution in [0.5, 0.6) is 5.75 Å². The van der Waals surface area contributed by atoms with Gasteiger partial charge in [0.15, 0.2) is 14.7 Å². The van der Waals surface area contributed by atoms with Crippen LogP contribution in [0.4, 0.5) is 0 Å². The highest BCUT2D eigenvalue weighted by molar-refractivity contribution is 9.10. The smallest absolute Gasteiger partial charge is 0.325 e. The van der Waals surface area contributed by atoms with Gasteiger partial charge in [-0.2, -0.15) is 0 Å². The Bertz CT molecular complexity index is 796. The molecule has 1 atom stereocenters. The molecule has 0 bridgehead atoms. The normalized spacial score (nSPS) is 12.0. The van der Waals surface area contributed by atoms with Gasteiger partial charge in [-0.1, -0.05) is 59.3 Å². The van der Waals surface area contributed by atoms with Crippen molar-refractivity contribution in [2.24, 2.45) is 0 Å². The maximum atomic E-state index is 11.9. The minimum atomic E-state index is -0.273. The van der Waals surface area contributed by atoms with Gasteiger partial charge in [-0.15, -0.1) is 0 Å². The number of hydrogen-bond acceptors (Lipinski definition) is 2. The van der Waals surface area contributed by atoms with Crippen LogP contribution in [-0.4, -0.2) is 10.8 Å². The van der Waals surface area contributed by atoms with E-state index in [1.165, 1.54) is 14.7 Å². The Morgan fingerprint density at radius 3 is 1.77 bits per heavy atom. The van der Waals surface area contributed by atoms with E-state index in [4.69, 9.17) is 4.74 Å². The molecule has 0 aliphatic heterocycles. The number of ether oxygens (including phenoxy) is 1. The molecule has 0 aliphatic carbocycles. The number of rotatable bonds is 6. The van der Waals surface area contributed by atoms with Gasteiger partial charge in [0, 0.05) is 0 Å². The number of halogens is 1. The molecule has 0 aliphatic rings. The lowest BCUT2D eigenvalue weighted by atomic mass is 10.3. The fourth-order valence-electron chi connectivity index (χ4n) is 2.51. The predicted molar refractivity (Wildman–Crippen MR) is 110 cm³/mol. The molecule has 0 N–H and O–H groups in total. The van der Waals surface area contributed by atoms with Gasteiger partial charge in [0.05, 0.1) is 10.9 Å². The minimum Gasteiger partial charge on any atom is -0.426 e. The van der Waals surface area contributed by atoms with Crippen molar-refractivity contribution in [2.45, 2.75) is 32.9 Å². The predicted octanol–water partition coefficient (Wildman–Crippen LogP) is 5.86. The number of esters is 1. The first kappa shape index (κ1) is 18.7. The van der Waals surface area contributed by atoms with E-state index < -0.39 is 0 Å². The highest BCUT2D eigenvalue weighted by Gasteiger charge is 2.28. The summed E-state index contributed by atoms with van der Waals surface area (Å²) in [5.41, 5.74) is 0. The third-order valence-electron chi connectivity index (χ3n) is 3.85. The van der Waals surface area contributed by atoms with Gasteiger partial charge in [-0.3, -0.25) is 4.79 Å². The molecule has 0 amide bonds. The lowest BCUT2D eigenvalue weighted by molar-refractivity contribution is -0.133. The van der Waals surface area contributed by atoms with E-state index in [1.54, 1.807) is 0 Å². The SMILES string of the molecule is CCC(Br)C(=O)Oc1ccc([S+](c2ccccc2)c2ccccc2)cc1. The Labute approximate surface area is 165 Å². The van der Waals surface area contributed by atoms with E-state index >= 15 is 0 Å². The van der Waals surface area contributed by atoms with Crippen LogP contribution in [0.25, 0.3) is 0 Å². The van der Waals surface area contributed by atoms with Crippen molar-refractivity contribution < 1.29 is 9.53 Å². The Morgan fingerprint density at radius 1 is 0.846 bits per heavy atom. The third-order valence-corrected chi connectivity index (χ3v) is 7.10. The second-order valence-corrected chi connectivity index (χ2v) is 8.83. The number of carbonyl (C=O) groups is 1. The van der Waals surface area contributed by atoms with Crippen molar-refractivity contribution in [1.29, 1.82) is 0 Å². The maximum absolute atomic E-state index is 11.9. The Hall–Kier alpha value is -2.04. The van der Waals surface area contributed by atoms with E-state index in [2.05, 4.69) is 64.5 Å². The average molecular weight is 428 g/mol. The van der Waals surface area contributed by atoms with Crippen molar-refractivity contribution in [3.63, 3.8) is 0 Å². The third kappa shape index (κ3) is 4.57. The zero-order valence-electron chi connectivity index (χ0n) is 14.5. The molecule has 0 aromatic heterocycles. The Kier molecular flexibility index (Phi) is 6.53. The minimum absolute atomic E-state index is 0.196. The Morgan fingerprint density at radius 2 is 1.31 bits per heavy atom. The van der Waals surface area contributed by atoms with Crippen molar-refractivity contribution in [2.75, 3.05) is 0 Å². The first-order chi connectivity index (χ1) is 12.7. The molecule has 132 valence electrons. The summed E-state index contributed by atoms with van der Waals surface area (Å²) in [6.45, 7) is 1.94. The fraction of sp³-hybridized carbons (Fsp3) is 0.136. The molecule has 0 spiro atoms. The molecule has 4 heteroatoms. The molecule has 2 nitrogen and oxygen atoms in total. The first-order valence-electron chi connectivity index (χ1n) is 8.49. The zero-order valence-corrected chi connectivity index (χ0v) is 16.9. The van der Waals surface area contributed by atoms with Gasteiger partial charge in [0.1, 0.15) is 10.6 Å². The zero-order chi connectivity index (χ0) is 18.4. The summed E-state index contributed by atoms with van der Waals surface area (Å²) < 4.78 is 5.43. The van der Waals surface area contributed by atoms with Gasteiger partial charge in [0.25, 0.3) is 0 Å². The van der Waals surface area contributed by atoms with Crippen LogP contribution in [0, 0.1) is 0 Å². The highest BCUT2D eigenvalue weighted by Crippen LogP contribution is 2.32. The van der Waals surface area contributed by atoms with Crippen LogP contribution in [0.3, 0.4) is 0 Å². The van der Waals surface area contributed by atoms with E-state index in [0.29, 0.717) is 12.2 Å². The second kappa shape index (κ2) is 9.06. The van der Waals surface area contributed by atoms with Crippen LogP contribution in [-0.2, 0) is 15.7 Å². The van der Waals surface area contributed by atoms with Gasteiger partial charge in [-0.05, 0) is 55.0 Å². The average Bonchev–Trinajstić information content (AvgIpc) is 2.70. The summed E-state index contributed by atoms with van der Waals surface area (Å²) in [5, 5.41) is 0. The molecule has 0 heterocycles. The van der Waals surface area contributed by atoms with Gasteiger partial charge in [-0.25, -0.2) is 0 Å². The molecular formula is C22H20BrO2S+. The van der Waals surface area contributed by atoms with Crippen LogP contribution in [0.1, 0.15) is 13.3 Å². The summed E-state index contributed by atoms with van der Waals surface area (Å²) in [6.07, 6.45) is 0.697. The monoisotopic (exact) mass is 427 g/mol. The van der Waals surface area contributed by atoms with Crippen LogP contribution >= 0.6 is 15.9 Å². The van der Waals surface area contributed by atoms with E-state index in [-0.39, 0.29) is 21.7 Å². The molecule has 3 aromatic carbocycles. The number of alkyl halides is 1. The van der Waals surface area contributed by atoms with Crippen LogP contribution < -0.4 is 4.74 Å². The molecule has 0 radical (unpaired) electrons. The molecule has 3 rings (SSSR count). The van der Waals surface area contributed by atoms with E-state index in [0.717, 1.165) is 0 Å². The molecule has 0 saturated heterocycles. The van der Waals surface area contributed by atoms with Gasteiger partial charge < -0.3 is 4.74 Å². The molecule has 1 unspecified atom stereocenters. The fourth-order valence-corrected chi connectivity index (χ4v) is 4.69. The molecule has 26 heavy (non-hydrogen) atoms. The maximum Gasteiger partial charge on any atom is 0.325 e. The summed E-state index contributed by atoms with van der Waals surface area (Å²) in [5.74, 6) is 0.312. The topological polar surface area (TPSA) is 26.3 Å². The molecule has 3 aromatic rings. The number of benzene rings is 3. The number of carbonyl (C=O) groups excluding carboxylic acids is 1. The van der Waals surface area contributed by atoms with Crippen molar-refractivity contribution in [3.8, 4) is 5.75 Å². The lowest BCUT2D eigenvalue weighted by Gasteiger charge is -2.10. The molecular weight excluding hydrogens is 408 g/mol. The highest BCUT2D eigenvalue weighted by atomic mass is 79.9. The quantitative estimate of drug-likeness (QED) is 0.213. The second-order valence-electron chi connectivity index (χ2n) is 5.70. The van der Waals surface area contributed by atoms with Crippen molar-refractivity contribution in [1.82, 2.24) is 0 Å². The summed E-state index contributed by atoms with van der Waals surface area (Å²) in [7, 11) is -0.196. The van der Waals surface area contributed by atoms with Crippen LogP contribution in [0.2, 0.25) is 0 Å². The van der Waals surface area contributed by atoms with Crippen LogP contribution in [0.15, 0.2) is 99.6 Å². The molecule has 0 fully saturated rings. The lowest BCUT2D eigenvalue weighted by Crippen LogP contribution is -2.19. The molecule has 0 saturated carbocycles. The van der Waals surface area contributed by atoms with Crippen molar-refractivity contribution >= 4 is 32.8 Å². The largest absolute Gasteiger partial charge is 0.426 e.